The first-order chi connectivity index (χ1) is 7.09. The Morgan fingerprint density at radius 1 is 1.33 bits per heavy atom. The summed E-state index contributed by atoms with van der Waals surface area (Å²) < 4.78 is 5.42. The molecule has 0 radical (unpaired) electrons. The van der Waals surface area contributed by atoms with E-state index in [9.17, 15) is 5.11 Å². The van der Waals surface area contributed by atoms with E-state index in [1.54, 1.807) is 11.3 Å². The largest absolute Gasteiger partial charge is 0.466 e. The minimum absolute atomic E-state index is 0.553. The van der Waals surface area contributed by atoms with E-state index in [1.807, 2.05) is 38.3 Å². The fourth-order valence-electron chi connectivity index (χ4n) is 1.73. The summed E-state index contributed by atoms with van der Waals surface area (Å²) in [5, 5.41) is 12.2. The minimum atomic E-state index is -0.553. The normalized spacial score (nSPS) is 13.1. The lowest BCUT2D eigenvalue weighted by molar-refractivity contribution is 0.221. The number of aliphatic hydroxyl groups is 1. The predicted octanol–water partition coefficient (Wildman–Crippen LogP) is 3.35. The van der Waals surface area contributed by atoms with Crippen LogP contribution in [0.1, 0.15) is 33.6 Å². The lowest BCUT2D eigenvalue weighted by atomic mass is 10.1. The second kappa shape index (κ2) is 3.83. The summed E-state index contributed by atoms with van der Waals surface area (Å²) in [6, 6.07) is 3.92. The van der Waals surface area contributed by atoms with Gasteiger partial charge in [0.15, 0.2) is 0 Å². The van der Waals surface area contributed by atoms with E-state index in [0.717, 1.165) is 27.5 Å². The van der Waals surface area contributed by atoms with Crippen molar-refractivity contribution in [2.45, 2.75) is 26.9 Å². The van der Waals surface area contributed by atoms with E-state index in [1.165, 1.54) is 0 Å². The van der Waals surface area contributed by atoms with Crippen LogP contribution >= 0.6 is 11.3 Å². The quantitative estimate of drug-likeness (QED) is 0.845. The van der Waals surface area contributed by atoms with Crippen LogP contribution in [0.15, 0.2) is 21.9 Å². The van der Waals surface area contributed by atoms with Crippen LogP contribution in [0.4, 0.5) is 0 Å². The van der Waals surface area contributed by atoms with E-state index in [4.69, 9.17) is 4.42 Å². The molecule has 2 nitrogen and oxygen atoms in total. The van der Waals surface area contributed by atoms with Crippen molar-refractivity contribution in [3.8, 4) is 0 Å². The molecule has 2 aromatic heterocycles. The average molecular weight is 222 g/mol. The third-order valence-corrected chi connectivity index (χ3v) is 3.60. The third-order valence-electron chi connectivity index (χ3n) is 2.52. The zero-order valence-corrected chi connectivity index (χ0v) is 9.89. The summed E-state index contributed by atoms with van der Waals surface area (Å²) >= 11 is 1.58. The van der Waals surface area contributed by atoms with Crippen LogP contribution in [0.25, 0.3) is 0 Å². The molecular weight excluding hydrogens is 208 g/mol. The second-order valence-corrected chi connectivity index (χ2v) is 4.69. The van der Waals surface area contributed by atoms with E-state index in [0.29, 0.717) is 0 Å². The molecule has 0 spiro atoms. The van der Waals surface area contributed by atoms with Crippen LogP contribution in [-0.4, -0.2) is 5.11 Å². The van der Waals surface area contributed by atoms with Gasteiger partial charge in [0.2, 0.25) is 0 Å². The Bertz CT molecular complexity index is 468. The van der Waals surface area contributed by atoms with Crippen molar-refractivity contribution < 1.29 is 9.52 Å². The lowest BCUT2D eigenvalue weighted by Crippen LogP contribution is -1.98. The molecule has 2 rings (SSSR count). The molecule has 1 unspecified atom stereocenters. The van der Waals surface area contributed by atoms with Gasteiger partial charge < -0.3 is 9.52 Å². The number of rotatable bonds is 2. The van der Waals surface area contributed by atoms with Gasteiger partial charge in [-0.1, -0.05) is 0 Å². The van der Waals surface area contributed by atoms with Crippen molar-refractivity contribution >= 4 is 11.3 Å². The molecule has 0 aliphatic carbocycles. The molecule has 1 atom stereocenters. The van der Waals surface area contributed by atoms with Gasteiger partial charge in [-0.25, -0.2) is 0 Å². The molecule has 3 heteroatoms. The van der Waals surface area contributed by atoms with Gasteiger partial charge in [-0.2, -0.15) is 0 Å². The molecule has 0 aliphatic heterocycles. The Morgan fingerprint density at radius 3 is 2.53 bits per heavy atom. The summed E-state index contributed by atoms with van der Waals surface area (Å²) in [6.07, 6.45) is -0.553. The van der Waals surface area contributed by atoms with Gasteiger partial charge in [-0.05, 0) is 43.8 Å². The molecule has 0 amide bonds. The highest BCUT2D eigenvalue weighted by molar-refractivity contribution is 7.10. The van der Waals surface area contributed by atoms with Crippen LogP contribution in [0.2, 0.25) is 0 Å². The Morgan fingerprint density at radius 2 is 2.07 bits per heavy atom. The van der Waals surface area contributed by atoms with Crippen molar-refractivity contribution in [2.24, 2.45) is 0 Å². The van der Waals surface area contributed by atoms with Crippen LogP contribution in [0.5, 0.6) is 0 Å². The van der Waals surface area contributed by atoms with Crippen molar-refractivity contribution in [3.05, 3.63) is 45.0 Å². The Labute approximate surface area is 93.2 Å². The first-order valence-corrected chi connectivity index (χ1v) is 5.76. The first-order valence-electron chi connectivity index (χ1n) is 4.88. The molecule has 0 aromatic carbocycles. The summed E-state index contributed by atoms with van der Waals surface area (Å²) in [7, 11) is 0. The predicted molar refractivity (Wildman–Crippen MR) is 61.3 cm³/mol. The molecule has 0 saturated heterocycles. The maximum absolute atomic E-state index is 10.2. The third kappa shape index (κ3) is 1.85. The average Bonchev–Trinajstić information content (AvgIpc) is 2.71. The minimum Gasteiger partial charge on any atom is -0.466 e. The van der Waals surface area contributed by atoms with Gasteiger partial charge in [-0.3, -0.25) is 0 Å². The number of hydrogen-bond acceptors (Lipinski definition) is 3. The van der Waals surface area contributed by atoms with E-state index < -0.39 is 6.10 Å². The molecule has 1 N–H and O–H groups in total. The fraction of sp³-hybridized carbons (Fsp3) is 0.333. The summed E-state index contributed by atoms with van der Waals surface area (Å²) in [5.41, 5.74) is 2.00. The topological polar surface area (TPSA) is 33.4 Å². The van der Waals surface area contributed by atoms with Gasteiger partial charge in [0, 0.05) is 10.4 Å². The zero-order chi connectivity index (χ0) is 11.0. The molecule has 0 saturated carbocycles. The smallest absolute Gasteiger partial charge is 0.117 e. The Hall–Kier alpha value is -1.06. The van der Waals surface area contributed by atoms with Crippen molar-refractivity contribution in [2.75, 3.05) is 0 Å². The highest BCUT2D eigenvalue weighted by Gasteiger charge is 2.18. The van der Waals surface area contributed by atoms with Crippen LogP contribution in [0, 0.1) is 20.8 Å². The number of furan rings is 1. The second-order valence-electron chi connectivity index (χ2n) is 3.74. The van der Waals surface area contributed by atoms with Crippen LogP contribution < -0.4 is 0 Å². The molecule has 0 fully saturated rings. The highest BCUT2D eigenvalue weighted by atomic mass is 32.1. The molecule has 2 aromatic rings. The number of thiophene rings is 1. The Balaban J connectivity index is 2.40. The SMILES string of the molecule is Cc1cc(C(O)c2sccc2C)c(C)o1. The number of aliphatic hydroxyl groups excluding tert-OH is 1. The standard InChI is InChI=1S/C12H14O2S/c1-7-4-5-15-12(7)11(13)10-6-8(2)14-9(10)3/h4-6,11,13H,1-3H3. The molecule has 0 bridgehead atoms. The maximum atomic E-state index is 10.2. The molecule has 0 aliphatic rings. The van der Waals surface area contributed by atoms with Gasteiger partial charge >= 0.3 is 0 Å². The molecule has 15 heavy (non-hydrogen) atoms. The van der Waals surface area contributed by atoms with E-state index in [2.05, 4.69) is 0 Å². The summed E-state index contributed by atoms with van der Waals surface area (Å²) in [4.78, 5) is 0.999. The van der Waals surface area contributed by atoms with Crippen LogP contribution in [0.3, 0.4) is 0 Å². The van der Waals surface area contributed by atoms with Crippen molar-refractivity contribution in [1.82, 2.24) is 0 Å². The Kier molecular flexibility index (Phi) is 2.67. The first kappa shape index (κ1) is 10.5. The van der Waals surface area contributed by atoms with Gasteiger partial charge in [0.1, 0.15) is 17.6 Å². The summed E-state index contributed by atoms with van der Waals surface area (Å²) in [5.74, 6) is 1.64. The van der Waals surface area contributed by atoms with Crippen LogP contribution in [-0.2, 0) is 0 Å². The monoisotopic (exact) mass is 222 g/mol. The van der Waals surface area contributed by atoms with E-state index in [-0.39, 0.29) is 0 Å². The molecule has 80 valence electrons. The van der Waals surface area contributed by atoms with Gasteiger partial charge in [0.25, 0.3) is 0 Å². The zero-order valence-electron chi connectivity index (χ0n) is 9.07. The number of aryl methyl sites for hydroxylation is 3. The lowest BCUT2D eigenvalue weighted by Gasteiger charge is -2.08. The van der Waals surface area contributed by atoms with Crippen molar-refractivity contribution in [3.63, 3.8) is 0 Å². The van der Waals surface area contributed by atoms with Gasteiger partial charge in [0.05, 0.1) is 0 Å². The maximum Gasteiger partial charge on any atom is 0.117 e. The van der Waals surface area contributed by atoms with E-state index >= 15 is 0 Å². The molecular formula is C12H14O2S. The van der Waals surface area contributed by atoms with Gasteiger partial charge in [-0.15, -0.1) is 11.3 Å². The molecule has 2 heterocycles. The number of hydrogen-bond donors (Lipinski definition) is 1. The van der Waals surface area contributed by atoms with Crippen molar-refractivity contribution in [1.29, 1.82) is 0 Å². The summed E-state index contributed by atoms with van der Waals surface area (Å²) in [6.45, 7) is 5.79. The fourth-order valence-corrected chi connectivity index (χ4v) is 2.66. The highest BCUT2D eigenvalue weighted by Crippen LogP contribution is 2.32.